The Kier molecular flexibility index (Phi) is 2.71. The Morgan fingerprint density at radius 1 is 1.59 bits per heavy atom. The lowest BCUT2D eigenvalue weighted by Gasteiger charge is -2.30. The Balaban J connectivity index is 1.69. The SMILES string of the molecule is Cc1cn(C)nc1CNC12CCCC1NCC2. The zero-order chi connectivity index (χ0) is 11.9. The highest BCUT2D eigenvalue weighted by Crippen LogP contribution is 2.36. The van der Waals surface area contributed by atoms with E-state index in [1.54, 1.807) is 0 Å². The van der Waals surface area contributed by atoms with Crippen LogP contribution >= 0.6 is 0 Å². The molecule has 1 aliphatic carbocycles. The molecular formula is C13H22N4. The number of aryl methyl sites for hydroxylation is 2. The molecule has 1 saturated carbocycles. The van der Waals surface area contributed by atoms with E-state index >= 15 is 0 Å². The summed E-state index contributed by atoms with van der Waals surface area (Å²) in [6.07, 6.45) is 7.36. The molecule has 4 heteroatoms. The molecule has 1 aromatic rings. The van der Waals surface area contributed by atoms with Gasteiger partial charge in [0.1, 0.15) is 0 Å². The molecule has 3 rings (SSSR count). The third-order valence-corrected chi connectivity index (χ3v) is 4.47. The van der Waals surface area contributed by atoms with Crippen LogP contribution < -0.4 is 10.6 Å². The van der Waals surface area contributed by atoms with Crippen molar-refractivity contribution in [3.05, 3.63) is 17.5 Å². The van der Waals surface area contributed by atoms with Crippen molar-refractivity contribution >= 4 is 0 Å². The fraction of sp³-hybridized carbons (Fsp3) is 0.769. The van der Waals surface area contributed by atoms with E-state index in [0.717, 1.165) is 6.54 Å². The molecule has 2 fully saturated rings. The monoisotopic (exact) mass is 234 g/mol. The third-order valence-electron chi connectivity index (χ3n) is 4.47. The normalized spacial score (nSPS) is 32.0. The molecule has 0 amide bonds. The van der Waals surface area contributed by atoms with Gasteiger partial charge in [0, 0.05) is 31.4 Å². The van der Waals surface area contributed by atoms with Gasteiger partial charge in [-0.25, -0.2) is 0 Å². The highest BCUT2D eigenvalue weighted by Gasteiger charge is 2.45. The van der Waals surface area contributed by atoms with E-state index in [4.69, 9.17) is 0 Å². The van der Waals surface area contributed by atoms with Crippen LogP contribution in [0.25, 0.3) is 0 Å². The minimum Gasteiger partial charge on any atom is -0.312 e. The summed E-state index contributed by atoms with van der Waals surface area (Å²) in [5.41, 5.74) is 2.83. The van der Waals surface area contributed by atoms with Crippen molar-refractivity contribution in [2.75, 3.05) is 6.54 Å². The van der Waals surface area contributed by atoms with Crippen LogP contribution in [-0.4, -0.2) is 27.9 Å². The maximum atomic E-state index is 4.52. The summed E-state index contributed by atoms with van der Waals surface area (Å²) in [6.45, 7) is 4.21. The van der Waals surface area contributed by atoms with Crippen LogP contribution in [0, 0.1) is 6.92 Å². The second-order valence-corrected chi connectivity index (χ2v) is 5.59. The highest BCUT2D eigenvalue weighted by atomic mass is 15.3. The number of nitrogens with one attached hydrogen (secondary N) is 2. The Bertz CT molecular complexity index is 400. The van der Waals surface area contributed by atoms with Crippen LogP contribution in [0.4, 0.5) is 0 Å². The molecule has 0 aromatic carbocycles. The van der Waals surface area contributed by atoms with E-state index in [1.165, 1.54) is 43.5 Å². The molecule has 1 aromatic heterocycles. The second-order valence-electron chi connectivity index (χ2n) is 5.59. The van der Waals surface area contributed by atoms with Crippen LogP contribution in [0.15, 0.2) is 6.20 Å². The van der Waals surface area contributed by atoms with Crippen LogP contribution in [0.3, 0.4) is 0 Å². The first-order valence-corrected chi connectivity index (χ1v) is 6.67. The Hall–Kier alpha value is -0.870. The summed E-state index contributed by atoms with van der Waals surface area (Å²) in [7, 11) is 1.99. The number of nitrogens with zero attached hydrogens (tertiary/aromatic N) is 2. The topological polar surface area (TPSA) is 41.9 Å². The van der Waals surface area contributed by atoms with Gasteiger partial charge in [-0.1, -0.05) is 0 Å². The molecule has 1 saturated heterocycles. The van der Waals surface area contributed by atoms with E-state index in [1.807, 2.05) is 11.7 Å². The largest absolute Gasteiger partial charge is 0.312 e. The lowest BCUT2D eigenvalue weighted by molar-refractivity contribution is 0.316. The summed E-state index contributed by atoms with van der Waals surface area (Å²) in [5.74, 6) is 0. The molecule has 0 radical (unpaired) electrons. The molecule has 2 unspecified atom stereocenters. The molecule has 0 bridgehead atoms. The quantitative estimate of drug-likeness (QED) is 0.823. The maximum absolute atomic E-state index is 4.52. The summed E-state index contributed by atoms with van der Waals surface area (Å²) in [6, 6.07) is 0.687. The van der Waals surface area contributed by atoms with Gasteiger partial charge in [0.25, 0.3) is 0 Å². The fourth-order valence-corrected chi connectivity index (χ4v) is 3.53. The summed E-state index contributed by atoms with van der Waals surface area (Å²) in [5, 5.41) is 11.9. The number of fused-ring (bicyclic) bond motifs is 1. The predicted octanol–water partition coefficient (Wildman–Crippen LogP) is 1.10. The van der Waals surface area contributed by atoms with Gasteiger partial charge >= 0.3 is 0 Å². The van der Waals surface area contributed by atoms with Crippen molar-refractivity contribution in [2.24, 2.45) is 7.05 Å². The van der Waals surface area contributed by atoms with Gasteiger partial charge in [0.2, 0.25) is 0 Å². The Labute approximate surface area is 103 Å². The summed E-state index contributed by atoms with van der Waals surface area (Å²) in [4.78, 5) is 0. The predicted molar refractivity (Wildman–Crippen MR) is 67.8 cm³/mol. The van der Waals surface area contributed by atoms with E-state index in [-0.39, 0.29) is 0 Å². The molecule has 2 aliphatic rings. The number of rotatable bonds is 3. The zero-order valence-corrected chi connectivity index (χ0v) is 10.8. The molecule has 1 aliphatic heterocycles. The lowest BCUT2D eigenvalue weighted by atomic mass is 9.93. The Morgan fingerprint density at radius 2 is 2.47 bits per heavy atom. The van der Waals surface area contributed by atoms with Crippen molar-refractivity contribution in [3.8, 4) is 0 Å². The zero-order valence-electron chi connectivity index (χ0n) is 10.8. The molecule has 2 atom stereocenters. The van der Waals surface area contributed by atoms with Gasteiger partial charge in [0.05, 0.1) is 5.69 Å². The molecule has 4 nitrogen and oxygen atoms in total. The van der Waals surface area contributed by atoms with Gasteiger partial charge in [-0.15, -0.1) is 0 Å². The molecular weight excluding hydrogens is 212 g/mol. The number of aromatic nitrogens is 2. The smallest absolute Gasteiger partial charge is 0.0791 e. The first-order valence-electron chi connectivity index (χ1n) is 6.67. The molecule has 0 spiro atoms. The van der Waals surface area contributed by atoms with Gasteiger partial charge in [-0.3, -0.25) is 4.68 Å². The molecule has 17 heavy (non-hydrogen) atoms. The average Bonchev–Trinajstić information content (AvgIpc) is 2.89. The number of hydrogen-bond acceptors (Lipinski definition) is 3. The van der Waals surface area contributed by atoms with E-state index in [9.17, 15) is 0 Å². The first kappa shape index (κ1) is 11.2. The van der Waals surface area contributed by atoms with Crippen molar-refractivity contribution in [1.29, 1.82) is 0 Å². The molecule has 2 N–H and O–H groups in total. The summed E-state index contributed by atoms with van der Waals surface area (Å²) < 4.78 is 1.91. The van der Waals surface area contributed by atoms with Crippen molar-refractivity contribution in [1.82, 2.24) is 20.4 Å². The highest BCUT2D eigenvalue weighted by molar-refractivity contribution is 5.16. The van der Waals surface area contributed by atoms with Gasteiger partial charge in [-0.2, -0.15) is 5.10 Å². The van der Waals surface area contributed by atoms with Crippen LogP contribution in [0.5, 0.6) is 0 Å². The van der Waals surface area contributed by atoms with Gasteiger partial charge in [-0.05, 0) is 44.7 Å². The number of hydrogen-bond donors (Lipinski definition) is 2. The minimum atomic E-state index is 0.351. The van der Waals surface area contributed by atoms with E-state index in [0.29, 0.717) is 11.6 Å². The lowest BCUT2D eigenvalue weighted by Crippen LogP contribution is -2.49. The minimum absolute atomic E-state index is 0.351. The average molecular weight is 234 g/mol. The summed E-state index contributed by atoms with van der Waals surface area (Å²) >= 11 is 0. The van der Waals surface area contributed by atoms with E-state index in [2.05, 4.69) is 28.9 Å². The first-order chi connectivity index (χ1) is 8.20. The van der Waals surface area contributed by atoms with Crippen molar-refractivity contribution in [2.45, 2.75) is 50.7 Å². The maximum Gasteiger partial charge on any atom is 0.0791 e. The van der Waals surface area contributed by atoms with Gasteiger partial charge < -0.3 is 10.6 Å². The third kappa shape index (κ3) is 1.89. The fourth-order valence-electron chi connectivity index (χ4n) is 3.53. The standard InChI is InChI=1S/C13H22N4/c1-10-9-17(2)16-11(10)8-15-13-5-3-4-12(13)14-7-6-13/h9,12,14-15H,3-8H2,1-2H3. The second kappa shape index (κ2) is 4.10. The van der Waals surface area contributed by atoms with Crippen LogP contribution in [-0.2, 0) is 13.6 Å². The Morgan fingerprint density at radius 3 is 3.24 bits per heavy atom. The van der Waals surface area contributed by atoms with Crippen LogP contribution in [0.2, 0.25) is 0 Å². The molecule has 94 valence electrons. The van der Waals surface area contributed by atoms with E-state index < -0.39 is 0 Å². The van der Waals surface area contributed by atoms with Crippen molar-refractivity contribution in [3.63, 3.8) is 0 Å². The van der Waals surface area contributed by atoms with Crippen LogP contribution in [0.1, 0.15) is 36.9 Å². The van der Waals surface area contributed by atoms with Crippen molar-refractivity contribution < 1.29 is 0 Å². The van der Waals surface area contributed by atoms with Gasteiger partial charge in [0.15, 0.2) is 0 Å². The molecule has 2 heterocycles.